The fourth-order valence-electron chi connectivity index (χ4n) is 2.70. The molecule has 0 atom stereocenters. The molecule has 4 heteroatoms. The lowest BCUT2D eigenvalue weighted by Crippen LogP contribution is -2.43. The van der Waals surface area contributed by atoms with Crippen LogP contribution in [0, 0.1) is 20.8 Å². The summed E-state index contributed by atoms with van der Waals surface area (Å²) < 4.78 is 0. The lowest BCUT2D eigenvalue weighted by molar-refractivity contribution is 0.588. The lowest BCUT2D eigenvalue weighted by atomic mass is 10.0. The van der Waals surface area contributed by atoms with E-state index in [1.54, 1.807) is 0 Å². The van der Waals surface area contributed by atoms with Crippen molar-refractivity contribution in [2.45, 2.75) is 20.8 Å². The molecule has 1 aromatic carbocycles. The first-order valence-corrected chi connectivity index (χ1v) is 7.97. The molecule has 1 aromatic heterocycles. The van der Waals surface area contributed by atoms with E-state index in [9.17, 15) is 0 Å². The molecule has 2 heterocycles. The number of rotatable bonds is 2. The van der Waals surface area contributed by atoms with Crippen LogP contribution in [0.2, 0.25) is 0 Å². The van der Waals surface area contributed by atoms with Gasteiger partial charge in [-0.05, 0) is 26.3 Å². The zero-order valence-corrected chi connectivity index (χ0v) is 13.2. The van der Waals surface area contributed by atoms with Crippen LogP contribution in [0.5, 0.6) is 0 Å². The van der Waals surface area contributed by atoms with E-state index in [4.69, 9.17) is 4.98 Å². The number of piperazine rings is 1. The number of anilines is 1. The average molecular weight is 287 g/mol. The lowest BCUT2D eigenvalue weighted by Gasteiger charge is -2.26. The summed E-state index contributed by atoms with van der Waals surface area (Å²) in [5.74, 6) is 0. The molecule has 0 radical (unpaired) electrons. The summed E-state index contributed by atoms with van der Waals surface area (Å²) >= 11 is 1.82. The Morgan fingerprint density at radius 2 is 1.90 bits per heavy atom. The Morgan fingerprint density at radius 3 is 2.60 bits per heavy atom. The highest BCUT2D eigenvalue weighted by atomic mass is 32.1. The number of aromatic nitrogens is 1. The van der Waals surface area contributed by atoms with Crippen LogP contribution in [0.25, 0.3) is 11.3 Å². The number of hydrogen-bond acceptors (Lipinski definition) is 4. The Morgan fingerprint density at radius 1 is 1.15 bits per heavy atom. The molecule has 20 heavy (non-hydrogen) atoms. The Bertz CT molecular complexity index is 612. The van der Waals surface area contributed by atoms with Crippen molar-refractivity contribution in [1.29, 1.82) is 0 Å². The van der Waals surface area contributed by atoms with Gasteiger partial charge in [0.05, 0.1) is 5.69 Å². The molecule has 0 aliphatic carbocycles. The third-order valence-electron chi connectivity index (χ3n) is 3.81. The van der Waals surface area contributed by atoms with Gasteiger partial charge in [0.2, 0.25) is 0 Å². The van der Waals surface area contributed by atoms with Crippen molar-refractivity contribution in [3.63, 3.8) is 0 Å². The highest BCUT2D eigenvalue weighted by Gasteiger charge is 2.17. The van der Waals surface area contributed by atoms with E-state index < -0.39 is 0 Å². The van der Waals surface area contributed by atoms with Gasteiger partial charge in [0.25, 0.3) is 0 Å². The fraction of sp³-hybridized carbons (Fsp3) is 0.438. The summed E-state index contributed by atoms with van der Waals surface area (Å²) in [6.07, 6.45) is 0. The number of thiazole rings is 1. The minimum Gasteiger partial charge on any atom is -0.346 e. The van der Waals surface area contributed by atoms with E-state index in [0.717, 1.165) is 31.9 Å². The zero-order valence-electron chi connectivity index (χ0n) is 12.4. The van der Waals surface area contributed by atoms with E-state index in [0.29, 0.717) is 0 Å². The second-order valence-corrected chi connectivity index (χ2v) is 6.64. The SMILES string of the molecule is Cc1ccc(-c2nc(N3CCNCC3)sc2C)c(C)c1. The van der Waals surface area contributed by atoms with Crippen molar-refractivity contribution in [3.05, 3.63) is 34.2 Å². The number of nitrogens with zero attached hydrogens (tertiary/aromatic N) is 2. The normalized spacial score (nSPS) is 15.7. The van der Waals surface area contributed by atoms with Gasteiger partial charge in [-0.1, -0.05) is 23.8 Å². The Kier molecular flexibility index (Phi) is 3.76. The second-order valence-electron chi connectivity index (χ2n) is 5.46. The van der Waals surface area contributed by atoms with E-state index in [-0.39, 0.29) is 0 Å². The van der Waals surface area contributed by atoms with E-state index in [2.05, 4.69) is 49.2 Å². The maximum Gasteiger partial charge on any atom is 0.186 e. The second kappa shape index (κ2) is 5.54. The van der Waals surface area contributed by atoms with Crippen molar-refractivity contribution in [3.8, 4) is 11.3 Å². The van der Waals surface area contributed by atoms with Crippen LogP contribution in [0.4, 0.5) is 5.13 Å². The van der Waals surface area contributed by atoms with E-state index in [1.807, 2.05) is 11.3 Å². The first-order chi connectivity index (χ1) is 9.65. The molecule has 1 aliphatic heterocycles. The Balaban J connectivity index is 1.95. The van der Waals surface area contributed by atoms with Crippen LogP contribution >= 0.6 is 11.3 Å². The molecular formula is C16H21N3S. The molecule has 0 saturated carbocycles. The average Bonchev–Trinajstić information content (AvgIpc) is 2.82. The molecule has 2 aromatic rings. The maximum atomic E-state index is 4.91. The molecule has 0 spiro atoms. The third-order valence-corrected chi connectivity index (χ3v) is 4.84. The molecule has 3 nitrogen and oxygen atoms in total. The molecule has 106 valence electrons. The first-order valence-electron chi connectivity index (χ1n) is 7.16. The van der Waals surface area contributed by atoms with Crippen molar-refractivity contribution >= 4 is 16.5 Å². The number of aryl methyl sites for hydroxylation is 3. The van der Waals surface area contributed by atoms with Crippen LogP contribution in [-0.2, 0) is 0 Å². The minimum atomic E-state index is 1.05. The molecule has 1 aliphatic rings. The molecule has 1 saturated heterocycles. The van der Waals surface area contributed by atoms with Crippen LogP contribution in [-0.4, -0.2) is 31.2 Å². The van der Waals surface area contributed by atoms with Crippen LogP contribution in [0.3, 0.4) is 0 Å². The predicted molar refractivity (Wildman–Crippen MR) is 86.8 cm³/mol. The van der Waals surface area contributed by atoms with Crippen LogP contribution in [0.1, 0.15) is 16.0 Å². The molecular weight excluding hydrogens is 266 g/mol. The van der Waals surface area contributed by atoms with Gasteiger partial charge in [0, 0.05) is 36.6 Å². The van der Waals surface area contributed by atoms with Crippen molar-refractivity contribution in [2.75, 3.05) is 31.1 Å². The van der Waals surface area contributed by atoms with Gasteiger partial charge in [-0.2, -0.15) is 0 Å². The smallest absolute Gasteiger partial charge is 0.186 e. The highest BCUT2D eigenvalue weighted by molar-refractivity contribution is 7.16. The quantitative estimate of drug-likeness (QED) is 0.919. The minimum absolute atomic E-state index is 1.05. The topological polar surface area (TPSA) is 28.2 Å². The number of benzene rings is 1. The summed E-state index contributed by atoms with van der Waals surface area (Å²) in [7, 11) is 0. The monoisotopic (exact) mass is 287 g/mol. The summed E-state index contributed by atoms with van der Waals surface area (Å²) in [6, 6.07) is 6.61. The van der Waals surface area contributed by atoms with Gasteiger partial charge in [-0.25, -0.2) is 4.98 Å². The molecule has 0 amide bonds. The molecule has 3 rings (SSSR count). The van der Waals surface area contributed by atoms with Gasteiger partial charge in [-0.15, -0.1) is 11.3 Å². The van der Waals surface area contributed by atoms with Crippen LogP contribution in [0.15, 0.2) is 18.2 Å². The summed E-state index contributed by atoms with van der Waals surface area (Å²) in [5.41, 5.74) is 5.04. The summed E-state index contributed by atoms with van der Waals surface area (Å²) in [5, 5.41) is 4.55. The van der Waals surface area contributed by atoms with Gasteiger partial charge < -0.3 is 10.2 Å². The standard InChI is InChI=1S/C16H21N3S/c1-11-4-5-14(12(2)10-11)15-13(3)20-16(18-15)19-8-6-17-7-9-19/h4-5,10,17H,6-9H2,1-3H3. The fourth-order valence-corrected chi connectivity index (χ4v) is 3.68. The number of hydrogen-bond donors (Lipinski definition) is 1. The van der Waals surface area contributed by atoms with Gasteiger partial charge in [0.15, 0.2) is 5.13 Å². The van der Waals surface area contributed by atoms with Gasteiger partial charge in [-0.3, -0.25) is 0 Å². The largest absolute Gasteiger partial charge is 0.346 e. The molecule has 0 bridgehead atoms. The summed E-state index contributed by atoms with van der Waals surface area (Å²) in [6.45, 7) is 10.7. The van der Waals surface area contributed by atoms with E-state index >= 15 is 0 Å². The zero-order chi connectivity index (χ0) is 14.1. The summed E-state index contributed by atoms with van der Waals surface area (Å²) in [4.78, 5) is 8.61. The van der Waals surface area contributed by atoms with E-state index in [1.165, 1.54) is 26.7 Å². The first kappa shape index (κ1) is 13.6. The molecule has 0 unspecified atom stereocenters. The van der Waals surface area contributed by atoms with Gasteiger partial charge >= 0.3 is 0 Å². The Hall–Kier alpha value is -1.39. The van der Waals surface area contributed by atoms with Crippen LogP contribution < -0.4 is 10.2 Å². The third kappa shape index (κ3) is 2.58. The predicted octanol–water partition coefficient (Wildman–Crippen LogP) is 3.14. The van der Waals surface area contributed by atoms with Gasteiger partial charge in [0.1, 0.15) is 0 Å². The maximum absolute atomic E-state index is 4.91. The van der Waals surface area contributed by atoms with Crippen molar-refractivity contribution in [1.82, 2.24) is 10.3 Å². The Labute approximate surface area is 124 Å². The molecule has 1 fully saturated rings. The number of nitrogens with one attached hydrogen (secondary N) is 1. The van der Waals surface area contributed by atoms with Crippen molar-refractivity contribution in [2.24, 2.45) is 0 Å². The highest BCUT2D eigenvalue weighted by Crippen LogP contribution is 2.34. The molecule has 1 N–H and O–H groups in total. The van der Waals surface area contributed by atoms with Crippen molar-refractivity contribution < 1.29 is 0 Å².